The molecule has 41 heavy (non-hydrogen) atoms. The lowest BCUT2D eigenvalue weighted by Gasteiger charge is -2.35. The zero-order valence-corrected chi connectivity index (χ0v) is 24.0. The van der Waals surface area contributed by atoms with E-state index in [0.717, 1.165) is 54.1 Å². The van der Waals surface area contributed by atoms with Crippen LogP contribution in [0, 0.1) is 12.3 Å². The van der Waals surface area contributed by atoms with Crippen LogP contribution < -0.4 is 14.5 Å². The minimum atomic E-state index is -3.66. The average Bonchev–Trinajstić information content (AvgIpc) is 3.48. The van der Waals surface area contributed by atoms with E-state index in [4.69, 9.17) is 5.11 Å². The molecule has 9 nitrogen and oxygen atoms in total. The van der Waals surface area contributed by atoms with Crippen molar-refractivity contribution in [3.63, 3.8) is 0 Å². The van der Waals surface area contributed by atoms with Gasteiger partial charge in [0.1, 0.15) is 5.82 Å². The van der Waals surface area contributed by atoms with Crippen LogP contribution in [0.2, 0.25) is 0 Å². The second-order valence-corrected chi connectivity index (χ2v) is 13.5. The number of aromatic nitrogens is 3. The van der Waals surface area contributed by atoms with Gasteiger partial charge in [-0.2, -0.15) is 5.10 Å². The molecule has 1 aromatic carbocycles. The molecule has 3 aromatic rings. The van der Waals surface area contributed by atoms with E-state index in [2.05, 4.69) is 19.7 Å². The van der Waals surface area contributed by atoms with Crippen molar-refractivity contribution in [3.8, 4) is 16.8 Å². The summed E-state index contributed by atoms with van der Waals surface area (Å²) in [4.78, 5) is 8.82. The fourth-order valence-electron chi connectivity index (χ4n) is 5.94. The molecule has 3 fully saturated rings. The van der Waals surface area contributed by atoms with E-state index in [0.29, 0.717) is 16.9 Å². The molecule has 220 valence electrons. The number of aliphatic hydroxyl groups excluding tert-OH is 1. The lowest BCUT2D eigenvalue weighted by atomic mass is 9.92. The lowest BCUT2D eigenvalue weighted by Crippen LogP contribution is -2.39. The van der Waals surface area contributed by atoms with Gasteiger partial charge in [-0.3, -0.25) is 4.72 Å². The Kier molecular flexibility index (Phi) is 7.17. The molecule has 1 spiro atoms. The van der Waals surface area contributed by atoms with Crippen LogP contribution in [0.4, 0.5) is 26.0 Å². The van der Waals surface area contributed by atoms with E-state index in [1.54, 1.807) is 16.9 Å². The third kappa shape index (κ3) is 6.18. The Balaban J connectivity index is 1.30. The van der Waals surface area contributed by atoms with Gasteiger partial charge in [-0.1, -0.05) is 6.07 Å². The van der Waals surface area contributed by atoms with Crippen molar-refractivity contribution >= 4 is 27.2 Å². The standard InChI is InChI=1S/C29H36F2N6O3S/c1-21-16-24(18-27(33-21)36-12-8-29(30,31)9-13-36)37-20-22(19-32-37)25-3-2-23(34-41(39,40)15-14-38)17-26(25)35-10-6-28(4-5-28)7-11-35/h2-3,16-20,34,38H,4-15H2,1H3. The highest BCUT2D eigenvalue weighted by molar-refractivity contribution is 7.92. The van der Waals surface area contributed by atoms with Crippen molar-refractivity contribution in [2.45, 2.75) is 51.4 Å². The quantitative estimate of drug-likeness (QED) is 0.398. The SMILES string of the molecule is Cc1cc(-n2cc(-c3ccc(NS(=O)(=O)CCO)cc3N3CCC4(CC3)CC4)cn2)cc(N2CCC(F)(F)CC2)n1. The Morgan fingerprint density at radius 1 is 0.976 bits per heavy atom. The van der Waals surface area contributed by atoms with Crippen LogP contribution in [0.5, 0.6) is 0 Å². The number of halogens is 2. The number of hydrogen-bond acceptors (Lipinski definition) is 7. The number of sulfonamides is 1. The number of benzene rings is 1. The van der Waals surface area contributed by atoms with E-state index in [9.17, 15) is 17.2 Å². The van der Waals surface area contributed by atoms with Gasteiger partial charge < -0.3 is 14.9 Å². The Hall–Kier alpha value is -3.25. The minimum Gasteiger partial charge on any atom is -0.395 e. The summed E-state index contributed by atoms with van der Waals surface area (Å²) in [5.74, 6) is -2.33. The molecule has 2 aliphatic heterocycles. The maximum absolute atomic E-state index is 13.7. The highest BCUT2D eigenvalue weighted by Crippen LogP contribution is 2.54. The molecule has 12 heteroatoms. The fraction of sp³-hybridized carbons (Fsp3) is 0.517. The molecule has 2 N–H and O–H groups in total. The minimum absolute atomic E-state index is 0.184. The van der Waals surface area contributed by atoms with Crippen LogP contribution in [0.1, 0.15) is 44.2 Å². The summed E-state index contributed by atoms with van der Waals surface area (Å²) in [6.45, 7) is 3.73. The maximum atomic E-state index is 13.7. The molecule has 1 saturated carbocycles. The smallest absolute Gasteiger partial charge is 0.251 e. The van der Waals surface area contributed by atoms with Gasteiger partial charge >= 0.3 is 0 Å². The van der Waals surface area contributed by atoms with Crippen LogP contribution in [-0.2, 0) is 10.0 Å². The molecule has 0 atom stereocenters. The van der Waals surface area contributed by atoms with Crippen molar-refractivity contribution in [2.24, 2.45) is 5.41 Å². The predicted octanol–water partition coefficient (Wildman–Crippen LogP) is 4.59. The van der Waals surface area contributed by atoms with Crippen molar-refractivity contribution in [1.82, 2.24) is 14.8 Å². The lowest BCUT2D eigenvalue weighted by molar-refractivity contribution is -0.0221. The number of nitrogens with one attached hydrogen (secondary N) is 1. The molecule has 2 aromatic heterocycles. The van der Waals surface area contributed by atoms with Gasteiger partial charge in [0.25, 0.3) is 5.92 Å². The second kappa shape index (κ2) is 10.5. The van der Waals surface area contributed by atoms with Gasteiger partial charge in [0.2, 0.25) is 10.0 Å². The molecular weight excluding hydrogens is 550 g/mol. The molecule has 0 bridgehead atoms. The van der Waals surface area contributed by atoms with E-state index in [-0.39, 0.29) is 31.7 Å². The Labute approximate surface area is 239 Å². The number of aryl methyl sites for hydroxylation is 1. The van der Waals surface area contributed by atoms with Gasteiger partial charge in [0.15, 0.2) is 0 Å². The van der Waals surface area contributed by atoms with E-state index in [1.165, 1.54) is 12.8 Å². The summed E-state index contributed by atoms with van der Waals surface area (Å²) >= 11 is 0. The zero-order chi connectivity index (χ0) is 28.8. The molecule has 3 aliphatic rings. The Morgan fingerprint density at radius 3 is 2.37 bits per heavy atom. The number of anilines is 3. The number of pyridine rings is 1. The first kappa shape index (κ1) is 27.9. The van der Waals surface area contributed by atoms with Crippen LogP contribution in [-0.4, -0.2) is 72.8 Å². The van der Waals surface area contributed by atoms with Gasteiger partial charge in [-0.15, -0.1) is 0 Å². The molecule has 2 saturated heterocycles. The number of rotatable bonds is 8. The number of aliphatic hydroxyl groups is 1. The first-order valence-electron chi connectivity index (χ1n) is 14.2. The van der Waals surface area contributed by atoms with E-state index < -0.39 is 22.6 Å². The van der Waals surface area contributed by atoms with Crippen LogP contribution in [0.25, 0.3) is 16.8 Å². The summed E-state index contributed by atoms with van der Waals surface area (Å²) in [5.41, 5.74) is 5.27. The van der Waals surface area contributed by atoms with Gasteiger partial charge in [-0.05, 0) is 56.2 Å². The van der Waals surface area contributed by atoms with Crippen LogP contribution in [0.3, 0.4) is 0 Å². The fourth-order valence-corrected chi connectivity index (χ4v) is 6.77. The van der Waals surface area contributed by atoms with E-state index >= 15 is 0 Å². The summed E-state index contributed by atoms with van der Waals surface area (Å²) < 4.78 is 56.5. The number of alkyl halides is 2. The molecule has 0 unspecified atom stereocenters. The largest absolute Gasteiger partial charge is 0.395 e. The Bertz CT molecular complexity index is 1520. The molecule has 0 amide bonds. The molecule has 6 rings (SSSR count). The monoisotopic (exact) mass is 586 g/mol. The average molecular weight is 587 g/mol. The molecule has 1 aliphatic carbocycles. The van der Waals surface area contributed by atoms with Gasteiger partial charge in [0.05, 0.1) is 29.9 Å². The summed E-state index contributed by atoms with van der Waals surface area (Å²) in [7, 11) is -3.66. The van der Waals surface area contributed by atoms with Crippen molar-refractivity contribution in [3.05, 3.63) is 48.4 Å². The number of piperidine rings is 2. The van der Waals surface area contributed by atoms with Crippen LogP contribution in [0.15, 0.2) is 42.7 Å². The summed E-state index contributed by atoms with van der Waals surface area (Å²) in [5, 5.41) is 13.8. The third-order valence-corrected chi connectivity index (χ3v) is 9.92. The van der Waals surface area contributed by atoms with Crippen molar-refractivity contribution in [1.29, 1.82) is 0 Å². The Morgan fingerprint density at radius 2 is 1.68 bits per heavy atom. The van der Waals surface area contributed by atoms with E-state index in [1.807, 2.05) is 42.3 Å². The zero-order valence-electron chi connectivity index (χ0n) is 23.2. The number of hydrogen-bond donors (Lipinski definition) is 2. The number of nitrogens with zero attached hydrogens (tertiary/aromatic N) is 5. The maximum Gasteiger partial charge on any atom is 0.251 e. The third-order valence-electron chi connectivity index (χ3n) is 8.65. The normalized spacial score (nSPS) is 19.9. The molecular formula is C29H36F2N6O3S. The van der Waals surface area contributed by atoms with Crippen molar-refractivity contribution < 1.29 is 22.3 Å². The molecule has 4 heterocycles. The first-order chi connectivity index (χ1) is 19.5. The second-order valence-electron chi connectivity index (χ2n) is 11.7. The highest BCUT2D eigenvalue weighted by atomic mass is 32.2. The van der Waals surface area contributed by atoms with Gasteiger partial charge in [-0.25, -0.2) is 26.9 Å². The van der Waals surface area contributed by atoms with Gasteiger partial charge in [0, 0.05) is 73.8 Å². The van der Waals surface area contributed by atoms with Crippen molar-refractivity contribution in [2.75, 3.05) is 53.1 Å². The van der Waals surface area contributed by atoms with Crippen LogP contribution >= 0.6 is 0 Å². The predicted molar refractivity (Wildman–Crippen MR) is 156 cm³/mol. The first-order valence-corrected chi connectivity index (χ1v) is 15.9. The summed E-state index contributed by atoms with van der Waals surface area (Å²) in [6, 6.07) is 9.31. The highest BCUT2D eigenvalue weighted by Gasteiger charge is 2.44. The summed E-state index contributed by atoms with van der Waals surface area (Å²) in [6.07, 6.45) is 8.17. The topological polar surface area (TPSA) is 104 Å². The molecule has 0 radical (unpaired) electrons.